The van der Waals surface area contributed by atoms with Crippen LogP contribution in [0.4, 0.5) is 0 Å². The van der Waals surface area contributed by atoms with Crippen molar-refractivity contribution in [3.63, 3.8) is 0 Å². The van der Waals surface area contributed by atoms with Crippen molar-refractivity contribution in [2.75, 3.05) is 0 Å². The van der Waals surface area contributed by atoms with Gasteiger partial charge in [-0.3, -0.25) is 4.79 Å². The largest absolute Gasteiger partial charge is 0.481 e. The van der Waals surface area contributed by atoms with Crippen LogP contribution in [0.2, 0.25) is 0 Å². The Kier molecular flexibility index (Phi) is 10.5. The van der Waals surface area contributed by atoms with E-state index in [9.17, 15) is 9.90 Å². The third-order valence-corrected chi connectivity index (χ3v) is 3.87. The topological polar surface area (TPSA) is 57.5 Å². The van der Waals surface area contributed by atoms with E-state index in [1.165, 1.54) is 19.3 Å². The first-order valence-electron chi connectivity index (χ1n) is 8.94. The van der Waals surface area contributed by atoms with Gasteiger partial charge in [0.25, 0.3) is 0 Å². The number of carboxylic acid groups (broad SMARTS) is 1. The Hall–Kier alpha value is -1.87. The third kappa shape index (κ3) is 9.31. The van der Waals surface area contributed by atoms with E-state index in [1.54, 1.807) is 0 Å². The van der Waals surface area contributed by atoms with Crippen molar-refractivity contribution in [3.8, 4) is 0 Å². The van der Waals surface area contributed by atoms with E-state index >= 15 is 0 Å². The minimum Gasteiger partial charge on any atom is -0.481 e. The summed E-state index contributed by atoms with van der Waals surface area (Å²) < 4.78 is 0. The third-order valence-electron chi connectivity index (χ3n) is 3.87. The van der Waals surface area contributed by atoms with Gasteiger partial charge in [0.1, 0.15) is 0 Å². The quantitative estimate of drug-likeness (QED) is 0.392. The highest BCUT2D eigenvalue weighted by Crippen LogP contribution is 2.19. The zero-order valence-electron chi connectivity index (χ0n) is 14.7. The fourth-order valence-electron chi connectivity index (χ4n) is 2.45. The average molecular weight is 330 g/mol. The molecule has 0 amide bonds. The van der Waals surface area contributed by atoms with Crippen molar-refractivity contribution in [2.45, 2.75) is 64.4 Å². The van der Waals surface area contributed by atoms with Crippen LogP contribution in [0.25, 0.3) is 6.08 Å². The SMILES string of the molecule is CCCCC/C=C\CC(O)c1cccc(/C=C\CCCC(=O)O)c1. The number of unbranched alkanes of at least 4 members (excludes halogenated alkanes) is 4. The number of carboxylic acids is 1. The molecule has 3 nitrogen and oxygen atoms in total. The molecule has 1 aromatic rings. The van der Waals surface area contributed by atoms with Crippen molar-refractivity contribution in [1.82, 2.24) is 0 Å². The van der Waals surface area contributed by atoms with Crippen molar-refractivity contribution >= 4 is 12.0 Å². The van der Waals surface area contributed by atoms with Crippen molar-refractivity contribution in [3.05, 3.63) is 53.6 Å². The summed E-state index contributed by atoms with van der Waals surface area (Å²) in [6.45, 7) is 2.20. The Morgan fingerprint density at radius 3 is 2.67 bits per heavy atom. The molecule has 0 aliphatic heterocycles. The van der Waals surface area contributed by atoms with Gasteiger partial charge in [0, 0.05) is 6.42 Å². The Labute approximate surface area is 145 Å². The molecule has 1 rings (SSSR count). The van der Waals surface area contributed by atoms with Gasteiger partial charge in [-0.2, -0.15) is 0 Å². The summed E-state index contributed by atoms with van der Waals surface area (Å²) in [6.07, 6.45) is 14.7. The highest BCUT2D eigenvalue weighted by atomic mass is 16.4. The van der Waals surface area contributed by atoms with Crippen molar-refractivity contribution in [1.29, 1.82) is 0 Å². The number of aliphatic hydroxyl groups excluding tert-OH is 1. The minimum atomic E-state index is -0.753. The summed E-state index contributed by atoms with van der Waals surface area (Å²) in [5.74, 6) is -0.753. The van der Waals surface area contributed by atoms with Crippen LogP contribution in [0.15, 0.2) is 42.5 Å². The van der Waals surface area contributed by atoms with Crippen molar-refractivity contribution in [2.24, 2.45) is 0 Å². The van der Waals surface area contributed by atoms with Crippen LogP contribution in [-0.4, -0.2) is 16.2 Å². The zero-order valence-corrected chi connectivity index (χ0v) is 14.7. The maximum atomic E-state index is 10.5. The first kappa shape index (κ1) is 20.2. The smallest absolute Gasteiger partial charge is 0.303 e. The molecule has 3 heteroatoms. The number of allylic oxidation sites excluding steroid dienone is 2. The number of rotatable bonds is 12. The van der Waals surface area contributed by atoms with Crippen LogP contribution < -0.4 is 0 Å². The van der Waals surface area contributed by atoms with E-state index in [2.05, 4.69) is 19.1 Å². The molecule has 24 heavy (non-hydrogen) atoms. The molecule has 1 atom stereocenters. The molecule has 0 saturated carbocycles. The number of hydrogen-bond donors (Lipinski definition) is 2. The monoisotopic (exact) mass is 330 g/mol. The summed E-state index contributed by atoms with van der Waals surface area (Å²) >= 11 is 0. The molecule has 0 heterocycles. The van der Waals surface area contributed by atoms with Gasteiger partial charge in [-0.05, 0) is 49.3 Å². The number of hydrogen-bond acceptors (Lipinski definition) is 2. The lowest BCUT2D eigenvalue weighted by molar-refractivity contribution is -0.137. The maximum absolute atomic E-state index is 10.5. The van der Waals surface area contributed by atoms with E-state index in [0.717, 1.165) is 24.0 Å². The van der Waals surface area contributed by atoms with E-state index < -0.39 is 12.1 Å². The second-order valence-electron chi connectivity index (χ2n) is 6.08. The molecular weight excluding hydrogens is 300 g/mol. The number of benzene rings is 1. The van der Waals surface area contributed by atoms with Gasteiger partial charge in [-0.25, -0.2) is 0 Å². The lowest BCUT2D eigenvalue weighted by Gasteiger charge is -2.09. The molecule has 1 aromatic carbocycles. The van der Waals surface area contributed by atoms with Gasteiger partial charge in [-0.15, -0.1) is 0 Å². The first-order chi connectivity index (χ1) is 11.6. The minimum absolute atomic E-state index is 0.202. The number of aliphatic carboxylic acids is 1. The number of aliphatic hydroxyl groups is 1. The second kappa shape index (κ2) is 12.5. The van der Waals surface area contributed by atoms with Gasteiger partial charge in [0.2, 0.25) is 0 Å². The summed E-state index contributed by atoms with van der Waals surface area (Å²) in [6, 6.07) is 7.87. The normalized spacial score (nSPS) is 12.9. The fourth-order valence-corrected chi connectivity index (χ4v) is 2.45. The molecule has 0 fully saturated rings. The zero-order chi connectivity index (χ0) is 17.6. The van der Waals surface area contributed by atoms with Gasteiger partial charge in [-0.1, -0.05) is 62.3 Å². The lowest BCUT2D eigenvalue weighted by atomic mass is 10.0. The standard InChI is InChI=1S/C21H30O3/c1-2-3-4-5-6-9-15-20(22)19-14-11-13-18(17-19)12-8-7-10-16-21(23)24/h6,8-9,11-14,17,20,22H,2-5,7,10,15-16H2,1H3,(H,23,24)/b9-6-,12-8-. The Morgan fingerprint density at radius 1 is 1.12 bits per heavy atom. The number of carbonyl (C=O) groups is 1. The molecule has 0 aromatic heterocycles. The first-order valence-corrected chi connectivity index (χ1v) is 8.94. The van der Waals surface area contributed by atoms with Crippen LogP contribution in [0.3, 0.4) is 0 Å². The molecule has 1 unspecified atom stereocenters. The molecular formula is C21H30O3. The molecule has 0 saturated heterocycles. The molecule has 132 valence electrons. The maximum Gasteiger partial charge on any atom is 0.303 e. The van der Waals surface area contributed by atoms with Gasteiger partial charge < -0.3 is 10.2 Å². The highest BCUT2D eigenvalue weighted by molar-refractivity contribution is 5.66. The Morgan fingerprint density at radius 2 is 1.92 bits per heavy atom. The predicted molar refractivity (Wildman–Crippen MR) is 99.8 cm³/mol. The van der Waals surface area contributed by atoms with Gasteiger partial charge in [0.15, 0.2) is 0 Å². The van der Waals surface area contributed by atoms with Crippen LogP contribution in [0.5, 0.6) is 0 Å². The highest BCUT2D eigenvalue weighted by Gasteiger charge is 2.05. The molecule has 0 aliphatic rings. The van der Waals surface area contributed by atoms with Gasteiger partial charge in [0.05, 0.1) is 6.10 Å². The second-order valence-corrected chi connectivity index (χ2v) is 6.08. The lowest BCUT2D eigenvalue weighted by Crippen LogP contribution is -1.95. The summed E-state index contributed by atoms with van der Waals surface area (Å²) in [5, 5.41) is 18.9. The summed E-state index contributed by atoms with van der Waals surface area (Å²) in [7, 11) is 0. The predicted octanol–water partition coefficient (Wildman–Crippen LogP) is 5.51. The van der Waals surface area contributed by atoms with Crippen LogP contribution in [0.1, 0.15) is 75.5 Å². The van der Waals surface area contributed by atoms with Crippen molar-refractivity contribution < 1.29 is 15.0 Å². The average Bonchev–Trinajstić information content (AvgIpc) is 2.57. The van der Waals surface area contributed by atoms with E-state index in [-0.39, 0.29) is 6.42 Å². The van der Waals surface area contributed by atoms with Crippen LogP contribution in [-0.2, 0) is 4.79 Å². The molecule has 0 spiro atoms. The fraction of sp³-hybridized carbons (Fsp3) is 0.476. The molecule has 2 N–H and O–H groups in total. The van der Waals surface area contributed by atoms with E-state index in [0.29, 0.717) is 12.8 Å². The Bertz CT molecular complexity index is 532. The summed E-state index contributed by atoms with van der Waals surface area (Å²) in [5.41, 5.74) is 1.95. The molecule has 0 radical (unpaired) electrons. The Balaban J connectivity index is 2.42. The van der Waals surface area contributed by atoms with Crippen LogP contribution >= 0.6 is 0 Å². The summed E-state index contributed by atoms with van der Waals surface area (Å²) in [4.78, 5) is 10.5. The molecule has 0 aliphatic carbocycles. The van der Waals surface area contributed by atoms with E-state index in [1.807, 2.05) is 36.4 Å². The van der Waals surface area contributed by atoms with Crippen LogP contribution in [0, 0.1) is 0 Å². The van der Waals surface area contributed by atoms with E-state index in [4.69, 9.17) is 5.11 Å². The van der Waals surface area contributed by atoms with Gasteiger partial charge >= 0.3 is 5.97 Å². The molecule has 0 bridgehead atoms.